The highest BCUT2D eigenvalue weighted by Crippen LogP contribution is 2.76. The van der Waals surface area contributed by atoms with Crippen molar-refractivity contribution in [2.45, 2.75) is 149 Å². The van der Waals surface area contributed by atoms with Crippen molar-refractivity contribution in [3.8, 4) is 0 Å². The standard InChI is InChI=1S/C44H63F4NO7/c1-39(2)14-16-44(37(55)36(54)30-33(51)21(20-50)34(52)35(30)53)17-15-42(6)22(23(44)19-39)8-9-27-41(5)12-11-28(40(3,4)26(41)10-13-43(27,42)7)49-38(56)29-31(47)24(45)18-25(46)32(29)48/h8,18,21,23,26-28,30,33-37,50-55H,9-17,19-20H2,1-7H3,(H,49,56)/t21?,23?,26?,27?,28-,30?,33?,34-,35?,36-,37+,41-,42+,43+,44-/m0/s1. The fourth-order valence-electron chi connectivity index (χ4n) is 14.4. The first-order valence-corrected chi connectivity index (χ1v) is 20.8. The third kappa shape index (κ3) is 5.75. The van der Waals surface area contributed by atoms with Crippen LogP contribution >= 0.6 is 0 Å². The van der Waals surface area contributed by atoms with Gasteiger partial charge in [-0.3, -0.25) is 4.79 Å². The molecule has 6 aliphatic rings. The van der Waals surface area contributed by atoms with Gasteiger partial charge >= 0.3 is 0 Å². The molecule has 0 heterocycles. The molecule has 0 radical (unpaired) electrons. The second kappa shape index (κ2) is 13.7. The number of amides is 1. The van der Waals surface area contributed by atoms with Gasteiger partial charge in [0.05, 0.1) is 37.1 Å². The lowest BCUT2D eigenvalue weighted by molar-refractivity contribution is -0.204. The van der Waals surface area contributed by atoms with Crippen molar-refractivity contribution in [1.82, 2.24) is 5.32 Å². The molecular formula is C44H63F4NO7. The maximum absolute atomic E-state index is 14.7. The Morgan fingerprint density at radius 3 is 2.05 bits per heavy atom. The van der Waals surface area contributed by atoms with Crippen LogP contribution in [-0.2, 0) is 0 Å². The lowest BCUT2D eigenvalue weighted by Gasteiger charge is -2.72. The molecule has 7 rings (SSSR count). The van der Waals surface area contributed by atoms with E-state index in [9.17, 15) is 53.0 Å². The Hall–Kier alpha value is -2.09. The fraction of sp³-hybridized carbons (Fsp3) is 0.795. The quantitative estimate of drug-likeness (QED) is 0.103. The molecule has 1 amide bonds. The second-order valence-corrected chi connectivity index (χ2v) is 21.0. The summed E-state index contributed by atoms with van der Waals surface area (Å²) < 4.78 is 57.4. The number of hydrogen-bond acceptors (Lipinski definition) is 7. The van der Waals surface area contributed by atoms with E-state index in [0.717, 1.165) is 44.9 Å². The van der Waals surface area contributed by atoms with Crippen LogP contribution in [0.4, 0.5) is 17.6 Å². The molecule has 1 aromatic rings. The Morgan fingerprint density at radius 1 is 0.821 bits per heavy atom. The fourth-order valence-corrected chi connectivity index (χ4v) is 14.4. The zero-order chi connectivity index (χ0) is 41.3. The number of benzene rings is 1. The molecule has 0 bridgehead atoms. The Bertz CT molecular complexity index is 1750. The highest BCUT2D eigenvalue weighted by atomic mass is 19.2. The minimum atomic E-state index is -1.71. The number of fused-ring (bicyclic) bond motifs is 7. The van der Waals surface area contributed by atoms with Gasteiger partial charge in [0.15, 0.2) is 23.3 Å². The van der Waals surface area contributed by atoms with Gasteiger partial charge in [0.1, 0.15) is 5.56 Å². The number of aliphatic hydroxyl groups excluding tert-OH is 6. The average Bonchev–Trinajstić information content (AvgIpc) is 3.33. The summed E-state index contributed by atoms with van der Waals surface area (Å²) >= 11 is 0. The van der Waals surface area contributed by atoms with Crippen LogP contribution in [0.15, 0.2) is 17.7 Å². The van der Waals surface area contributed by atoms with Crippen LogP contribution in [0.3, 0.4) is 0 Å². The number of nitrogens with one attached hydrogen (secondary N) is 1. The monoisotopic (exact) mass is 793 g/mol. The van der Waals surface area contributed by atoms with Crippen molar-refractivity contribution in [2.75, 3.05) is 6.61 Å². The summed E-state index contributed by atoms with van der Waals surface area (Å²) in [5, 5.41) is 69.3. The Labute approximate surface area is 328 Å². The van der Waals surface area contributed by atoms with E-state index in [2.05, 4.69) is 59.9 Å². The summed E-state index contributed by atoms with van der Waals surface area (Å²) in [4.78, 5) is 13.3. The highest BCUT2D eigenvalue weighted by molar-refractivity contribution is 5.95. The largest absolute Gasteiger partial charge is 0.396 e. The van der Waals surface area contributed by atoms with Gasteiger partial charge in [-0.2, -0.15) is 0 Å². The van der Waals surface area contributed by atoms with Crippen molar-refractivity contribution >= 4 is 5.91 Å². The molecule has 0 saturated heterocycles. The molecule has 5 fully saturated rings. The molecule has 12 heteroatoms. The Kier molecular flexibility index (Phi) is 10.3. The first-order chi connectivity index (χ1) is 25.9. The highest BCUT2D eigenvalue weighted by Gasteiger charge is 2.70. The van der Waals surface area contributed by atoms with E-state index < -0.39 is 101 Å². The van der Waals surface area contributed by atoms with Crippen LogP contribution in [-0.4, -0.2) is 79.7 Å². The molecule has 0 spiro atoms. The third-order valence-electron chi connectivity index (χ3n) is 17.9. The number of aliphatic hydroxyl groups is 6. The van der Waals surface area contributed by atoms with Gasteiger partial charge < -0.3 is 36.0 Å². The van der Waals surface area contributed by atoms with Crippen LogP contribution in [0.2, 0.25) is 0 Å². The summed E-state index contributed by atoms with van der Waals surface area (Å²) in [5.74, 6) is -9.83. The van der Waals surface area contributed by atoms with Gasteiger partial charge in [-0.25, -0.2) is 17.6 Å². The van der Waals surface area contributed by atoms with Gasteiger partial charge in [-0.15, -0.1) is 0 Å². The normalized spacial score (nSPS) is 45.0. The summed E-state index contributed by atoms with van der Waals surface area (Å²) in [6, 6.07) is -0.396. The smallest absolute Gasteiger partial charge is 0.257 e. The topological polar surface area (TPSA) is 150 Å². The lowest BCUT2D eigenvalue weighted by Crippen LogP contribution is -2.67. The molecule has 0 aromatic heterocycles. The number of carbonyl (C=O) groups excluding carboxylic acids is 1. The molecule has 1 aromatic carbocycles. The van der Waals surface area contributed by atoms with E-state index in [1.54, 1.807) is 0 Å². The van der Waals surface area contributed by atoms with E-state index in [0.29, 0.717) is 19.3 Å². The van der Waals surface area contributed by atoms with Crippen molar-refractivity contribution in [2.24, 2.45) is 62.1 Å². The first-order valence-electron chi connectivity index (χ1n) is 20.8. The van der Waals surface area contributed by atoms with Crippen molar-refractivity contribution in [3.63, 3.8) is 0 Å². The molecule has 7 N–H and O–H groups in total. The predicted octanol–water partition coefficient (Wildman–Crippen LogP) is 6.19. The lowest BCUT2D eigenvalue weighted by atomic mass is 9.33. The zero-order valence-electron chi connectivity index (χ0n) is 33.9. The molecule has 314 valence electrons. The molecule has 7 unspecified atom stereocenters. The van der Waals surface area contributed by atoms with Crippen molar-refractivity contribution in [1.29, 1.82) is 0 Å². The van der Waals surface area contributed by atoms with Gasteiger partial charge in [0.25, 0.3) is 5.91 Å². The second-order valence-electron chi connectivity index (χ2n) is 21.0. The van der Waals surface area contributed by atoms with Gasteiger partial charge in [0.2, 0.25) is 0 Å². The molecular weight excluding hydrogens is 730 g/mol. The van der Waals surface area contributed by atoms with E-state index in [4.69, 9.17) is 0 Å². The molecule has 15 atom stereocenters. The molecule has 8 nitrogen and oxygen atoms in total. The number of hydrogen-bond donors (Lipinski definition) is 7. The molecule has 5 saturated carbocycles. The Balaban J connectivity index is 1.19. The van der Waals surface area contributed by atoms with E-state index in [1.807, 2.05) is 0 Å². The average molecular weight is 794 g/mol. The first kappa shape index (κ1) is 42.0. The Morgan fingerprint density at radius 2 is 1.45 bits per heavy atom. The van der Waals surface area contributed by atoms with Crippen LogP contribution in [0.25, 0.3) is 0 Å². The zero-order valence-corrected chi connectivity index (χ0v) is 33.9. The summed E-state index contributed by atoms with van der Waals surface area (Å²) in [7, 11) is 0. The SMILES string of the molecule is CC1(C)CC[C@]2([C@H](O)[C@@H](O)C3C(O)C(CO)[C@H](O)C3O)CC[C@]3(C)C(=CCC4[C@@]5(C)CC[C@H](NC(=O)c6c(F)c(F)cc(F)c6F)C(C)(C)C5CC[C@]43C)C2C1. The van der Waals surface area contributed by atoms with E-state index in [-0.39, 0.29) is 45.5 Å². The van der Waals surface area contributed by atoms with E-state index in [1.165, 1.54) is 5.57 Å². The maximum Gasteiger partial charge on any atom is 0.257 e. The molecule has 56 heavy (non-hydrogen) atoms. The third-order valence-corrected chi connectivity index (χ3v) is 17.9. The summed E-state index contributed by atoms with van der Waals surface area (Å²) in [6.07, 6.45) is 2.67. The predicted molar refractivity (Wildman–Crippen MR) is 201 cm³/mol. The minimum Gasteiger partial charge on any atom is -0.396 e. The number of carbonyl (C=O) groups is 1. The maximum atomic E-state index is 14.7. The van der Waals surface area contributed by atoms with Gasteiger partial charge in [0, 0.05) is 29.4 Å². The van der Waals surface area contributed by atoms with E-state index >= 15 is 0 Å². The number of allylic oxidation sites excluding steroid dienone is 2. The van der Waals surface area contributed by atoms with Crippen LogP contribution in [0.1, 0.15) is 123 Å². The van der Waals surface area contributed by atoms with Crippen molar-refractivity contribution < 1.29 is 53.0 Å². The van der Waals surface area contributed by atoms with Crippen LogP contribution < -0.4 is 5.32 Å². The van der Waals surface area contributed by atoms with Gasteiger partial charge in [-0.05, 0) is 109 Å². The molecule has 6 aliphatic carbocycles. The summed E-state index contributed by atoms with van der Waals surface area (Å²) in [5.41, 5.74) is -1.84. The van der Waals surface area contributed by atoms with Gasteiger partial charge in [-0.1, -0.05) is 60.1 Å². The minimum absolute atomic E-state index is 0.0418. The van der Waals surface area contributed by atoms with Crippen LogP contribution in [0.5, 0.6) is 0 Å². The van der Waals surface area contributed by atoms with Crippen LogP contribution in [0, 0.1) is 85.3 Å². The number of rotatable bonds is 6. The summed E-state index contributed by atoms with van der Waals surface area (Å²) in [6.45, 7) is 15.2. The number of halogens is 4. The van der Waals surface area contributed by atoms with Crippen molar-refractivity contribution in [3.05, 3.63) is 46.5 Å². The molecule has 0 aliphatic heterocycles.